The van der Waals surface area contributed by atoms with Gasteiger partial charge in [0.2, 0.25) is 0 Å². The number of aliphatic hydroxyl groups excluding tert-OH is 2. The highest BCUT2D eigenvalue weighted by molar-refractivity contribution is 5.88. The number of esters is 1. The van der Waals surface area contributed by atoms with Crippen molar-refractivity contribution < 1.29 is 42.4 Å². The van der Waals surface area contributed by atoms with Crippen molar-refractivity contribution in [2.24, 2.45) is 34.8 Å². The van der Waals surface area contributed by atoms with Crippen LogP contribution in [0.1, 0.15) is 80.6 Å². The SMILES string of the molecule is CCC(C)O/C=C(N)/C=C(\C)[C@@H]1C/C=C(/C(F)(F)F)CC2CC2[C@H](C)[C@H](O)[C@@H](C)C(=O)C(C)(C)[C@@H](O)CC(=O)O1. The van der Waals surface area contributed by atoms with Gasteiger partial charge in [-0.15, -0.1) is 0 Å². The highest BCUT2D eigenvalue weighted by atomic mass is 19.4. The molecule has 1 aliphatic heterocycles. The Morgan fingerprint density at radius 2 is 1.88 bits per heavy atom. The molecule has 0 amide bonds. The van der Waals surface area contributed by atoms with Crippen LogP contribution in [0.15, 0.2) is 35.3 Å². The zero-order chi connectivity index (χ0) is 30.6. The number of carbonyl (C=O) groups excluding carboxylic acids is 2. The number of aliphatic hydroxyl groups is 2. The summed E-state index contributed by atoms with van der Waals surface area (Å²) in [5.41, 5.74) is 4.52. The summed E-state index contributed by atoms with van der Waals surface area (Å²) in [5.74, 6) is -3.05. The van der Waals surface area contributed by atoms with E-state index in [0.29, 0.717) is 12.0 Å². The monoisotopic (exact) mass is 573 g/mol. The van der Waals surface area contributed by atoms with Crippen molar-refractivity contribution in [3.63, 3.8) is 0 Å². The smallest absolute Gasteiger partial charge is 0.412 e. The number of alkyl halides is 3. The Bertz CT molecular complexity index is 1000. The molecule has 0 spiro atoms. The first-order valence-electron chi connectivity index (χ1n) is 14.0. The second kappa shape index (κ2) is 13.6. The van der Waals surface area contributed by atoms with Crippen LogP contribution in [0.5, 0.6) is 0 Å². The minimum absolute atomic E-state index is 0.0876. The van der Waals surface area contributed by atoms with Crippen LogP contribution in [0.25, 0.3) is 0 Å². The van der Waals surface area contributed by atoms with Gasteiger partial charge < -0.3 is 25.4 Å². The van der Waals surface area contributed by atoms with E-state index in [1.165, 1.54) is 26.2 Å². The second-order valence-corrected chi connectivity index (χ2v) is 12.1. The van der Waals surface area contributed by atoms with Crippen molar-refractivity contribution in [1.82, 2.24) is 0 Å². The maximum atomic E-state index is 14.0. The number of ketones is 1. The summed E-state index contributed by atoms with van der Waals surface area (Å²) < 4.78 is 53.1. The quantitative estimate of drug-likeness (QED) is 0.175. The summed E-state index contributed by atoms with van der Waals surface area (Å²) in [6, 6.07) is 0. The number of hydrogen-bond donors (Lipinski definition) is 3. The average molecular weight is 574 g/mol. The van der Waals surface area contributed by atoms with Crippen LogP contribution >= 0.6 is 0 Å². The zero-order valence-corrected chi connectivity index (χ0v) is 24.6. The predicted molar refractivity (Wildman–Crippen MR) is 145 cm³/mol. The molecule has 0 saturated heterocycles. The van der Waals surface area contributed by atoms with Gasteiger partial charge in [-0.25, -0.2) is 0 Å². The molecule has 0 radical (unpaired) electrons. The summed E-state index contributed by atoms with van der Waals surface area (Å²) in [7, 11) is 0. The Balaban J connectivity index is 2.47. The molecule has 10 heteroatoms. The van der Waals surface area contributed by atoms with Gasteiger partial charge >= 0.3 is 12.1 Å². The van der Waals surface area contributed by atoms with Crippen LogP contribution < -0.4 is 5.73 Å². The van der Waals surface area contributed by atoms with Crippen molar-refractivity contribution in [3.05, 3.63) is 35.3 Å². The van der Waals surface area contributed by atoms with Crippen LogP contribution in [-0.4, -0.2) is 52.6 Å². The molecule has 40 heavy (non-hydrogen) atoms. The number of nitrogens with two attached hydrogens (primary N) is 1. The molecule has 1 fully saturated rings. The van der Waals surface area contributed by atoms with Crippen LogP contribution in [0.4, 0.5) is 13.2 Å². The summed E-state index contributed by atoms with van der Waals surface area (Å²) in [6.45, 7) is 11.7. The molecule has 7 nitrogen and oxygen atoms in total. The first-order valence-corrected chi connectivity index (χ1v) is 14.0. The fourth-order valence-electron chi connectivity index (χ4n) is 5.24. The Morgan fingerprint density at radius 3 is 2.45 bits per heavy atom. The molecule has 4 N–H and O–H groups in total. The maximum absolute atomic E-state index is 14.0. The molecule has 8 atom stereocenters. The van der Waals surface area contributed by atoms with E-state index in [-0.39, 0.29) is 36.5 Å². The number of halogens is 3. The molecule has 2 rings (SSSR count). The number of cyclic esters (lactones) is 1. The Labute approximate surface area is 235 Å². The van der Waals surface area contributed by atoms with Crippen molar-refractivity contribution in [1.29, 1.82) is 0 Å². The molecular weight excluding hydrogens is 527 g/mol. The van der Waals surface area contributed by atoms with Gasteiger partial charge in [0.1, 0.15) is 18.1 Å². The zero-order valence-electron chi connectivity index (χ0n) is 24.6. The van der Waals surface area contributed by atoms with Crippen LogP contribution in [0, 0.1) is 29.1 Å². The predicted octanol–water partition coefficient (Wildman–Crippen LogP) is 5.36. The first-order chi connectivity index (χ1) is 18.4. The lowest BCUT2D eigenvalue weighted by Crippen LogP contribution is -2.46. The van der Waals surface area contributed by atoms with E-state index in [1.807, 2.05) is 13.8 Å². The van der Waals surface area contributed by atoms with E-state index >= 15 is 0 Å². The molecule has 2 aliphatic rings. The Kier molecular flexibility index (Phi) is 11.5. The summed E-state index contributed by atoms with van der Waals surface area (Å²) in [4.78, 5) is 26.2. The lowest BCUT2D eigenvalue weighted by atomic mass is 9.72. The van der Waals surface area contributed by atoms with Gasteiger partial charge in [-0.3, -0.25) is 9.59 Å². The van der Waals surface area contributed by atoms with Crippen molar-refractivity contribution in [3.8, 4) is 0 Å². The van der Waals surface area contributed by atoms with Gasteiger partial charge in [0.25, 0.3) is 0 Å². The van der Waals surface area contributed by atoms with Crippen LogP contribution in [0.2, 0.25) is 0 Å². The Morgan fingerprint density at radius 1 is 1.25 bits per heavy atom. The topological polar surface area (TPSA) is 119 Å². The maximum Gasteiger partial charge on any atom is 0.412 e. The normalized spacial score (nSPS) is 35.2. The minimum Gasteiger partial charge on any atom is -0.496 e. The number of rotatable bonds is 5. The third-order valence-corrected chi connectivity index (χ3v) is 8.56. The standard InChI is InChI=1S/C30H46F3NO6/c1-8-17(3)39-15-22(34)11-16(2)24-10-9-21(30(31,32)33)12-20-13-23(20)18(4)27(37)19(5)28(38)29(6,7)25(35)14-26(36)40-24/h9,11,15,17-20,23-25,27,35,37H,8,10,12-14,34H2,1-7H3/b16-11+,21-9+,22-15-/t17?,18-,19+,20?,23?,24-,25-,27-/m0/s1. The van der Waals surface area contributed by atoms with Gasteiger partial charge in [0, 0.05) is 17.9 Å². The highest BCUT2D eigenvalue weighted by Crippen LogP contribution is 2.51. The molecule has 0 aromatic carbocycles. The molecule has 228 valence electrons. The molecule has 0 aromatic heterocycles. The molecule has 0 aromatic rings. The second-order valence-electron chi connectivity index (χ2n) is 12.1. The molecule has 0 bridgehead atoms. The third-order valence-electron chi connectivity index (χ3n) is 8.56. The fourth-order valence-corrected chi connectivity index (χ4v) is 5.24. The molecular formula is C30H46F3NO6. The number of Topliss-reactive ketones (excluding diaryl/α,β-unsaturated/α-hetero) is 1. The van der Waals surface area contributed by atoms with Gasteiger partial charge in [0.05, 0.1) is 35.8 Å². The van der Waals surface area contributed by atoms with Gasteiger partial charge in [-0.1, -0.05) is 40.7 Å². The van der Waals surface area contributed by atoms with Gasteiger partial charge in [-0.05, 0) is 62.5 Å². The number of fused-ring (bicyclic) bond motifs is 1. The van der Waals surface area contributed by atoms with Crippen LogP contribution in [0.3, 0.4) is 0 Å². The third kappa shape index (κ3) is 8.83. The molecule has 1 saturated carbocycles. The number of hydrogen-bond acceptors (Lipinski definition) is 7. The van der Waals surface area contributed by atoms with E-state index in [2.05, 4.69) is 0 Å². The number of carbonyl (C=O) groups is 2. The average Bonchev–Trinajstić information content (AvgIpc) is 3.64. The van der Waals surface area contributed by atoms with Crippen molar-refractivity contribution in [2.75, 3.05) is 0 Å². The minimum atomic E-state index is -4.58. The van der Waals surface area contributed by atoms with E-state index in [4.69, 9.17) is 15.2 Å². The van der Waals surface area contributed by atoms with Gasteiger partial charge in [-0.2, -0.15) is 13.2 Å². The van der Waals surface area contributed by atoms with E-state index in [0.717, 1.165) is 12.5 Å². The van der Waals surface area contributed by atoms with Crippen molar-refractivity contribution >= 4 is 11.8 Å². The number of allylic oxidation sites excluding steroid dienone is 2. The van der Waals surface area contributed by atoms with Crippen molar-refractivity contribution in [2.45, 2.75) is 111 Å². The van der Waals surface area contributed by atoms with E-state index in [1.54, 1.807) is 20.8 Å². The highest BCUT2D eigenvalue weighted by Gasteiger charge is 2.49. The van der Waals surface area contributed by atoms with Gasteiger partial charge in [0.15, 0.2) is 0 Å². The molecule has 1 heterocycles. The molecule has 3 unspecified atom stereocenters. The fraction of sp³-hybridized carbons (Fsp3) is 0.733. The first kappa shape index (κ1) is 33.9. The number of ether oxygens (including phenoxy) is 2. The van der Waals surface area contributed by atoms with E-state index in [9.17, 15) is 33.0 Å². The summed E-state index contributed by atoms with van der Waals surface area (Å²) in [6.07, 6.45) is -4.19. The van der Waals surface area contributed by atoms with Crippen LogP contribution in [-0.2, 0) is 19.1 Å². The van der Waals surface area contributed by atoms with E-state index < -0.39 is 65.5 Å². The molecule has 1 aliphatic carbocycles. The lowest BCUT2D eigenvalue weighted by molar-refractivity contribution is -0.154. The summed E-state index contributed by atoms with van der Waals surface area (Å²) >= 11 is 0. The lowest BCUT2D eigenvalue weighted by Gasteiger charge is -2.34. The summed E-state index contributed by atoms with van der Waals surface area (Å²) in [5, 5.41) is 21.8. The largest absolute Gasteiger partial charge is 0.496 e. The Hall–Kier alpha value is -2.33.